The number of halogens is 3. The third kappa shape index (κ3) is 5.37. The first kappa shape index (κ1) is 16.7. The largest absolute Gasteiger partial charge is 0.481 e. The van der Waals surface area contributed by atoms with Crippen molar-refractivity contribution in [1.82, 2.24) is 5.32 Å². The van der Waals surface area contributed by atoms with Crippen molar-refractivity contribution in [3.63, 3.8) is 0 Å². The number of aliphatic carboxylic acids is 1. The molecule has 1 unspecified atom stereocenters. The fourth-order valence-corrected chi connectivity index (χ4v) is 1.27. The van der Waals surface area contributed by atoms with E-state index >= 15 is 0 Å². The molecule has 2 N–H and O–H groups in total. The lowest BCUT2D eigenvalue weighted by molar-refractivity contribution is -0.154. The van der Waals surface area contributed by atoms with Gasteiger partial charge in [0.15, 0.2) is 0 Å². The zero-order valence-electron chi connectivity index (χ0n) is 10.6. The number of amides is 1. The highest BCUT2D eigenvalue weighted by Gasteiger charge is 2.38. The third-order valence-corrected chi connectivity index (χ3v) is 3.02. The highest BCUT2D eigenvalue weighted by Crippen LogP contribution is 2.31. The number of rotatable bonds is 6. The molecule has 0 aromatic heterocycles. The minimum Gasteiger partial charge on any atom is -0.481 e. The Balaban J connectivity index is 4.34. The number of carbonyl (C=O) groups is 2. The first-order valence-corrected chi connectivity index (χ1v) is 5.56. The van der Waals surface area contributed by atoms with Crippen molar-refractivity contribution in [2.45, 2.75) is 39.8 Å². The summed E-state index contributed by atoms with van der Waals surface area (Å²) in [4.78, 5) is 22.5. The van der Waals surface area contributed by atoms with Crippen LogP contribution < -0.4 is 5.32 Å². The molecule has 0 rings (SSSR count). The molecule has 1 atom stereocenters. The number of carboxylic acid groups (broad SMARTS) is 1. The average Bonchev–Trinajstić information content (AvgIpc) is 2.14. The van der Waals surface area contributed by atoms with Crippen LogP contribution in [-0.2, 0) is 9.59 Å². The molecule has 0 aliphatic rings. The summed E-state index contributed by atoms with van der Waals surface area (Å²) in [6, 6.07) is 0. The summed E-state index contributed by atoms with van der Waals surface area (Å²) >= 11 is 0. The molecule has 1 amide bonds. The van der Waals surface area contributed by atoms with Gasteiger partial charge in [-0.2, -0.15) is 13.2 Å². The molecule has 0 saturated carbocycles. The summed E-state index contributed by atoms with van der Waals surface area (Å²) < 4.78 is 35.6. The minimum atomic E-state index is -4.33. The van der Waals surface area contributed by atoms with Gasteiger partial charge in [0.05, 0.1) is 11.8 Å². The summed E-state index contributed by atoms with van der Waals surface area (Å²) in [6.07, 6.45) is -5.79. The molecule has 106 valence electrons. The van der Waals surface area contributed by atoms with Gasteiger partial charge in [0.2, 0.25) is 5.91 Å². The smallest absolute Gasteiger partial charge is 0.390 e. The fraction of sp³-hybridized carbons (Fsp3) is 0.818. The maximum Gasteiger partial charge on any atom is 0.390 e. The van der Waals surface area contributed by atoms with Crippen LogP contribution in [0, 0.1) is 11.3 Å². The molecule has 7 heteroatoms. The predicted octanol–water partition coefficient (Wildman–Crippen LogP) is 2.19. The van der Waals surface area contributed by atoms with E-state index in [1.54, 1.807) is 13.8 Å². The van der Waals surface area contributed by atoms with Crippen molar-refractivity contribution in [3.05, 3.63) is 0 Å². The minimum absolute atomic E-state index is 0.302. The molecule has 0 heterocycles. The SMILES string of the molecule is CC(C)C(C)(CC(=O)NCCC(F)(F)F)C(=O)O. The number of hydrogen-bond donors (Lipinski definition) is 2. The lowest BCUT2D eigenvalue weighted by Gasteiger charge is -2.28. The van der Waals surface area contributed by atoms with Crippen LogP contribution in [0.1, 0.15) is 33.6 Å². The van der Waals surface area contributed by atoms with Crippen molar-refractivity contribution in [2.24, 2.45) is 11.3 Å². The van der Waals surface area contributed by atoms with Crippen molar-refractivity contribution in [3.8, 4) is 0 Å². The molecule has 0 radical (unpaired) electrons. The quantitative estimate of drug-likeness (QED) is 0.776. The Kier molecular flexibility index (Phi) is 5.63. The van der Waals surface area contributed by atoms with E-state index in [-0.39, 0.29) is 12.3 Å². The maximum atomic E-state index is 11.9. The molecule has 0 bridgehead atoms. The van der Waals surface area contributed by atoms with Crippen molar-refractivity contribution in [1.29, 1.82) is 0 Å². The molecule has 0 spiro atoms. The Bertz CT molecular complexity index is 315. The summed E-state index contributed by atoms with van der Waals surface area (Å²) in [6.45, 7) is 4.17. The zero-order valence-corrected chi connectivity index (χ0v) is 10.6. The van der Waals surface area contributed by atoms with E-state index in [0.29, 0.717) is 0 Å². The molecule has 0 fully saturated rings. The fourth-order valence-electron chi connectivity index (χ4n) is 1.27. The van der Waals surface area contributed by atoms with E-state index in [1.807, 2.05) is 0 Å². The maximum absolute atomic E-state index is 11.9. The van der Waals surface area contributed by atoms with E-state index in [4.69, 9.17) is 5.11 Å². The van der Waals surface area contributed by atoms with Crippen molar-refractivity contribution in [2.75, 3.05) is 6.54 Å². The van der Waals surface area contributed by atoms with Crippen LogP contribution >= 0.6 is 0 Å². The first-order chi connectivity index (χ1) is 7.99. The van der Waals surface area contributed by atoms with Crippen LogP contribution in [-0.4, -0.2) is 29.7 Å². The lowest BCUT2D eigenvalue weighted by Crippen LogP contribution is -2.39. The zero-order chi connectivity index (χ0) is 14.6. The molecule has 0 aliphatic heterocycles. The van der Waals surface area contributed by atoms with E-state index in [9.17, 15) is 22.8 Å². The van der Waals surface area contributed by atoms with Crippen LogP contribution in [0.3, 0.4) is 0 Å². The van der Waals surface area contributed by atoms with Crippen molar-refractivity contribution < 1.29 is 27.9 Å². The standard InChI is InChI=1S/C11H18F3NO3/c1-7(2)10(3,9(17)18)6-8(16)15-5-4-11(12,13)14/h7H,4-6H2,1-3H3,(H,15,16)(H,17,18). The van der Waals surface area contributed by atoms with Gasteiger partial charge < -0.3 is 10.4 Å². The Morgan fingerprint density at radius 3 is 2.11 bits per heavy atom. The molecular weight excluding hydrogens is 251 g/mol. The van der Waals surface area contributed by atoms with Crippen LogP contribution in [0.5, 0.6) is 0 Å². The highest BCUT2D eigenvalue weighted by atomic mass is 19.4. The first-order valence-electron chi connectivity index (χ1n) is 5.56. The van der Waals surface area contributed by atoms with Crippen molar-refractivity contribution >= 4 is 11.9 Å². The second-order valence-corrected chi connectivity index (χ2v) is 4.77. The Morgan fingerprint density at radius 1 is 1.28 bits per heavy atom. The third-order valence-electron chi connectivity index (χ3n) is 3.02. The van der Waals surface area contributed by atoms with Crippen LogP contribution in [0.2, 0.25) is 0 Å². The molecule has 4 nitrogen and oxygen atoms in total. The monoisotopic (exact) mass is 269 g/mol. The molecule has 0 saturated heterocycles. The normalized spacial score (nSPS) is 15.3. The van der Waals surface area contributed by atoms with Crippen LogP contribution in [0.25, 0.3) is 0 Å². The topological polar surface area (TPSA) is 66.4 Å². The second kappa shape index (κ2) is 6.06. The summed E-state index contributed by atoms with van der Waals surface area (Å²) in [5.41, 5.74) is -1.28. The van der Waals surface area contributed by atoms with E-state index in [0.717, 1.165) is 0 Å². The van der Waals surface area contributed by atoms with Crippen LogP contribution in [0.15, 0.2) is 0 Å². The molecule has 0 aromatic rings. The van der Waals surface area contributed by atoms with Gasteiger partial charge in [-0.15, -0.1) is 0 Å². The van der Waals surface area contributed by atoms with E-state index in [1.165, 1.54) is 6.92 Å². The van der Waals surface area contributed by atoms with Gasteiger partial charge in [0.25, 0.3) is 0 Å². The predicted molar refractivity (Wildman–Crippen MR) is 58.9 cm³/mol. The summed E-state index contributed by atoms with van der Waals surface area (Å²) in [5.74, 6) is -2.12. The number of alkyl halides is 3. The van der Waals surface area contributed by atoms with Gasteiger partial charge in [0, 0.05) is 13.0 Å². The van der Waals surface area contributed by atoms with Gasteiger partial charge >= 0.3 is 12.1 Å². The molecule has 0 aliphatic carbocycles. The van der Waals surface area contributed by atoms with Gasteiger partial charge in [-0.05, 0) is 12.8 Å². The van der Waals surface area contributed by atoms with Crippen LogP contribution in [0.4, 0.5) is 13.2 Å². The number of carbonyl (C=O) groups excluding carboxylic acids is 1. The number of nitrogens with one attached hydrogen (secondary N) is 1. The number of hydrogen-bond acceptors (Lipinski definition) is 2. The Morgan fingerprint density at radius 2 is 1.78 bits per heavy atom. The molecule has 0 aromatic carbocycles. The molecule has 18 heavy (non-hydrogen) atoms. The highest BCUT2D eigenvalue weighted by molar-refractivity contribution is 5.84. The average molecular weight is 269 g/mol. The number of carboxylic acids is 1. The summed E-state index contributed by atoms with van der Waals surface area (Å²) in [7, 11) is 0. The van der Waals surface area contributed by atoms with Gasteiger partial charge in [-0.3, -0.25) is 9.59 Å². The van der Waals surface area contributed by atoms with Gasteiger partial charge in [-0.25, -0.2) is 0 Å². The lowest BCUT2D eigenvalue weighted by atomic mass is 9.76. The second-order valence-electron chi connectivity index (χ2n) is 4.77. The molecular formula is C11H18F3NO3. The Hall–Kier alpha value is -1.27. The van der Waals surface area contributed by atoms with E-state index < -0.39 is 36.4 Å². The van der Waals surface area contributed by atoms with Gasteiger partial charge in [0.1, 0.15) is 0 Å². The summed E-state index contributed by atoms with van der Waals surface area (Å²) in [5, 5.41) is 11.1. The van der Waals surface area contributed by atoms with E-state index in [2.05, 4.69) is 5.32 Å². The van der Waals surface area contributed by atoms with Gasteiger partial charge in [-0.1, -0.05) is 13.8 Å². The Labute approximate surface area is 104 Å².